The second-order valence-corrected chi connectivity index (χ2v) is 5.24. The van der Waals surface area contributed by atoms with Crippen LogP contribution in [0.4, 0.5) is 0 Å². The molecule has 5 nitrogen and oxygen atoms in total. The first kappa shape index (κ1) is 11.1. The Kier molecular flexibility index (Phi) is 2.41. The Balaban J connectivity index is 1.73. The van der Waals surface area contributed by atoms with Gasteiger partial charge in [0.15, 0.2) is 11.5 Å². The highest BCUT2D eigenvalue weighted by Gasteiger charge is 2.43. The van der Waals surface area contributed by atoms with Gasteiger partial charge in [-0.2, -0.15) is 0 Å². The fraction of sp³-hybridized carbons (Fsp3) is 0.500. The Bertz CT molecular complexity index is 531. The summed E-state index contributed by atoms with van der Waals surface area (Å²) in [6, 6.07) is 5.88. The normalized spacial score (nSPS) is 29.2. The number of para-hydroxylation sites is 1. The predicted molar refractivity (Wildman–Crippen MR) is 67.8 cm³/mol. The minimum absolute atomic E-state index is 0.0249. The Morgan fingerprint density at radius 2 is 2.21 bits per heavy atom. The van der Waals surface area contributed by atoms with Gasteiger partial charge in [-0.1, -0.05) is 18.6 Å². The lowest BCUT2D eigenvalue weighted by Gasteiger charge is -2.31. The summed E-state index contributed by atoms with van der Waals surface area (Å²) in [7, 11) is 0. The van der Waals surface area contributed by atoms with E-state index in [1.807, 2.05) is 18.2 Å². The molecule has 4 rings (SSSR count). The van der Waals surface area contributed by atoms with E-state index in [1.165, 1.54) is 0 Å². The van der Waals surface area contributed by atoms with Crippen LogP contribution in [0, 0.1) is 0 Å². The number of carbonyl (C=O) groups excluding carboxylic acids is 1. The van der Waals surface area contributed by atoms with E-state index >= 15 is 0 Å². The van der Waals surface area contributed by atoms with Crippen molar-refractivity contribution < 1.29 is 14.3 Å². The molecule has 2 atom stereocenters. The van der Waals surface area contributed by atoms with E-state index in [0.717, 1.165) is 42.9 Å². The van der Waals surface area contributed by atoms with Gasteiger partial charge in [0.05, 0.1) is 6.04 Å². The molecule has 1 aromatic rings. The van der Waals surface area contributed by atoms with E-state index in [4.69, 9.17) is 9.47 Å². The number of hydrogen-bond donors (Lipinski definition) is 1. The molecule has 0 radical (unpaired) electrons. The van der Waals surface area contributed by atoms with Gasteiger partial charge in [-0.25, -0.2) is 0 Å². The van der Waals surface area contributed by atoms with Gasteiger partial charge >= 0.3 is 0 Å². The summed E-state index contributed by atoms with van der Waals surface area (Å²) < 4.78 is 11.0. The molecular formula is C14H16N2O3. The summed E-state index contributed by atoms with van der Waals surface area (Å²) in [6.07, 6.45) is 3.16. The number of carbonyl (C=O) groups is 1. The summed E-state index contributed by atoms with van der Waals surface area (Å²) in [5.41, 5.74) is 1.01. The quantitative estimate of drug-likeness (QED) is 0.829. The molecule has 5 heteroatoms. The van der Waals surface area contributed by atoms with Crippen molar-refractivity contribution in [2.45, 2.75) is 31.5 Å². The molecule has 19 heavy (non-hydrogen) atoms. The Morgan fingerprint density at radius 3 is 3.16 bits per heavy atom. The van der Waals surface area contributed by atoms with Crippen molar-refractivity contribution in [3.8, 4) is 11.5 Å². The van der Waals surface area contributed by atoms with E-state index in [-0.39, 0.29) is 24.9 Å². The van der Waals surface area contributed by atoms with Gasteiger partial charge in [0.2, 0.25) is 12.7 Å². The topological polar surface area (TPSA) is 50.8 Å². The van der Waals surface area contributed by atoms with Gasteiger partial charge in [-0.3, -0.25) is 9.69 Å². The van der Waals surface area contributed by atoms with Crippen LogP contribution in [-0.2, 0) is 4.79 Å². The van der Waals surface area contributed by atoms with Crippen molar-refractivity contribution in [2.24, 2.45) is 0 Å². The fourth-order valence-electron chi connectivity index (χ4n) is 3.28. The van der Waals surface area contributed by atoms with Crippen LogP contribution in [0.1, 0.15) is 31.0 Å². The molecule has 1 aromatic carbocycles. The summed E-state index contributed by atoms with van der Waals surface area (Å²) >= 11 is 0. The SMILES string of the molecule is O=C1NC(c2cccc3c2OCO3)N2CCCCC12. The molecular weight excluding hydrogens is 244 g/mol. The van der Waals surface area contributed by atoms with E-state index in [9.17, 15) is 4.79 Å². The smallest absolute Gasteiger partial charge is 0.238 e. The molecule has 3 aliphatic rings. The van der Waals surface area contributed by atoms with Crippen LogP contribution in [0.25, 0.3) is 0 Å². The van der Waals surface area contributed by atoms with Gasteiger partial charge in [-0.15, -0.1) is 0 Å². The van der Waals surface area contributed by atoms with Crippen molar-refractivity contribution >= 4 is 5.91 Å². The Hall–Kier alpha value is -1.75. The molecule has 3 heterocycles. The van der Waals surface area contributed by atoms with Crippen LogP contribution in [-0.4, -0.2) is 30.2 Å². The molecule has 2 unspecified atom stereocenters. The molecule has 0 aromatic heterocycles. The first-order valence-corrected chi connectivity index (χ1v) is 6.79. The van der Waals surface area contributed by atoms with Gasteiger partial charge in [0.1, 0.15) is 6.17 Å². The lowest BCUT2D eigenvalue weighted by molar-refractivity contribution is -0.122. The zero-order chi connectivity index (χ0) is 12.8. The summed E-state index contributed by atoms with van der Waals surface area (Å²) in [5.74, 6) is 1.69. The molecule has 0 bridgehead atoms. The zero-order valence-corrected chi connectivity index (χ0v) is 10.6. The minimum atomic E-state index is -0.0746. The number of fused-ring (bicyclic) bond motifs is 2. The average Bonchev–Trinajstić information content (AvgIpc) is 3.04. The first-order chi connectivity index (χ1) is 9.34. The van der Waals surface area contributed by atoms with Crippen LogP contribution in [0.5, 0.6) is 11.5 Å². The van der Waals surface area contributed by atoms with Gasteiger partial charge in [0, 0.05) is 12.1 Å². The van der Waals surface area contributed by atoms with Gasteiger partial charge < -0.3 is 14.8 Å². The summed E-state index contributed by atoms with van der Waals surface area (Å²) in [6.45, 7) is 1.22. The molecule has 2 fully saturated rings. The molecule has 100 valence electrons. The van der Waals surface area contributed by atoms with E-state index < -0.39 is 0 Å². The maximum absolute atomic E-state index is 12.1. The number of nitrogens with one attached hydrogen (secondary N) is 1. The second kappa shape index (κ2) is 4.13. The maximum atomic E-state index is 12.1. The number of hydrogen-bond acceptors (Lipinski definition) is 4. The minimum Gasteiger partial charge on any atom is -0.454 e. The van der Waals surface area contributed by atoms with Crippen LogP contribution in [0.2, 0.25) is 0 Å². The highest BCUT2D eigenvalue weighted by molar-refractivity contribution is 5.84. The number of ether oxygens (including phenoxy) is 2. The molecule has 0 aliphatic carbocycles. The first-order valence-electron chi connectivity index (χ1n) is 6.79. The third-order valence-electron chi connectivity index (χ3n) is 4.18. The molecule has 3 aliphatic heterocycles. The summed E-state index contributed by atoms with van der Waals surface area (Å²) in [5, 5.41) is 3.09. The fourth-order valence-corrected chi connectivity index (χ4v) is 3.28. The Morgan fingerprint density at radius 1 is 1.26 bits per heavy atom. The van der Waals surface area contributed by atoms with Crippen LogP contribution in [0.15, 0.2) is 18.2 Å². The lowest BCUT2D eigenvalue weighted by atomic mass is 10.0. The largest absolute Gasteiger partial charge is 0.454 e. The second-order valence-electron chi connectivity index (χ2n) is 5.24. The molecule has 1 amide bonds. The third-order valence-corrected chi connectivity index (χ3v) is 4.18. The maximum Gasteiger partial charge on any atom is 0.238 e. The van der Waals surface area contributed by atoms with Gasteiger partial charge in [-0.05, 0) is 18.9 Å². The van der Waals surface area contributed by atoms with Gasteiger partial charge in [0.25, 0.3) is 0 Å². The monoisotopic (exact) mass is 260 g/mol. The number of nitrogens with zero attached hydrogens (tertiary/aromatic N) is 1. The van der Waals surface area contributed by atoms with Crippen molar-refractivity contribution in [3.05, 3.63) is 23.8 Å². The van der Waals surface area contributed by atoms with E-state index in [1.54, 1.807) is 0 Å². The number of rotatable bonds is 1. The number of benzene rings is 1. The Labute approximate surface area is 111 Å². The number of amides is 1. The average molecular weight is 260 g/mol. The molecule has 1 N–H and O–H groups in total. The predicted octanol–water partition coefficient (Wildman–Crippen LogP) is 1.40. The molecule has 0 saturated carbocycles. The van der Waals surface area contributed by atoms with Crippen LogP contribution >= 0.6 is 0 Å². The standard InChI is InChI=1S/C14H16N2O3/c17-14-10-5-1-2-7-16(10)13(15-14)9-4-3-6-11-12(9)19-8-18-11/h3-4,6,10,13H,1-2,5,7-8H2,(H,15,17). The van der Waals surface area contributed by atoms with Crippen molar-refractivity contribution in [1.29, 1.82) is 0 Å². The summed E-state index contributed by atoms with van der Waals surface area (Å²) in [4.78, 5) is 14.3. The highest BCUT2D eigenvalue weighted by Crippen LogP contribution is 2.42. The molecule has 2 saturated heterocycles. The third kappa shape index (κ3) is 1.61. The van der Waals surface area contributed by atoms with Crippen LogP contribution in [0.3, 0.4) is 0 Å². The highest BCUT2D eigenvalue weighted by atomic mass is 16.7. The molecule has 0 spiro atoms. The van der Waals surface area contributed by atoms with E-state index in [0.29, 0.717) is 0 Å². The van der Waals surface area contributed by atoms with E-state index in [2.05, 4.69) is 10.2 Å². The van der Waals surface area contributed by atoms with Crippen molar-refractivity contribution in [1.82, 2.24) is 10.2 Å². The van der Waals surface area contributed by atoms with Crippen molar-refractivity contribution in [3.63, 3.8) is 0 Å². The van der Waals surface area contributed by atoms with Crippen molar-refractivity contribution in [2.75, 3.05) is 13.3 Å². The van der Waals surface area contributed by atoms with Crippen LogP contribution < -0.4 is 14.8 Å². The number of piperidine rings is 1. The lowest BCUT2D eigenvalue weighted by Crippen LogP contribution is -2.38. The zero-order valence-electron chi connectivity index (χ0n) is 10.6.